The first kappa shape index (κ1) is 12.0. The first-order chi connectivity index (χ1) is 7.79. The molecule has 1 aromatic heterocycles. The van der Waals surface area contributed by atoms with Gasteiger partial charge in [0, 0.05) is 36.6 Å². The zero-order valence-corrected chi connectivity index (χ0v) is 10.6. The minimum Gasteiger partial charge on any atom is -0.381 e. The summed E-state index contributed by atoms with van der Waals surface area (Å²) in [6.45, 7) is 4.69. The number of thiazole rings is 1. The fraction of sp³-hybridized carbons (Fsp3) is 0.750. The van der Waals surface area contributed by atoms with Crippen LogP contribution in [0.2, 0.25) is 0 Å². The predicted octanol–water partition coefficient (Wildman–Crippen LogP) is 2.17. The number of nitrogens with two attached hydrogens (primary N) is 1. The molecule has 2 atom stereocenters. The second kappa shape index (κ2) is 5.75. The van der Waals surface area contributed by atoms with Crippen LogP contribution in [0.1, 0.15) is 35.6 Å². The molecule has 1 aliphatic heterocycles. The van der Waals surface area contributed by atoms with Gasteiger partial charge in [0.2, 0.25) is 0 Å². The van der Waals surface area contributed by atoms with Crippen LogP contribution >= 0.6 is 11.3 Å². The summed E-state index contributed by atoms with van der Waals surface area (Å²) in [6, 6.07) is 0. The molecule has 0 aromatic carbocycles. The van der Waals surface area contributed by atoms with Crippen LogP contribution in [-0.4, -0.2) is 24.7 Å². The van der Waals surface area contributed by atoms with Crippen molar-refractivity contribution in [1.82, 2.24) is 4.98 Å². The van der Waals surface area contributed by atoms with E-state index in [1.165, 1.54) is 22.7 Å². The third kappa shape index (κ3) is 3.03. The van der Waals surface area contributed by atoms with Crippen molar-refractivity contribution in [3.05, 3.63) is 16.1 Å². The summed E-state index contributed by atoms with van der Waals surface area (Å²) >= 11 is 1.81. The van der Waals surface area contributed by atoms with E-state index in [2.05, 4.69) is 11.9 Å². The molecule has 1 fully saturated rings. The van der Waals surface area contributed by atoms with Crippen molar-refractivity contribution in [2.75, 3.05) is 19.8 Å². The Kier molecular flexibility index (Phi) is 4.32. The standard InChI is InChI=1S/C12H20N2OS/c1-9(6-13)11-7-14-12(16-11)5-10-3-2-4-15-8-10/h7,9-10H,2-6,8,13H2,1H3. The van der Waals surface area contributed by atoms with Crippen molar-refractivity contribution < 1.29 is 4.74 Å². The summed E-state index contributed by atoms with van der Waals surface area (Å²) in [7, 11) is 0. The van der Waals surface area contributed by atoms with Gasteiger partial charge in [0.15, 0.2) is 0 Å². The molecule has 0 saturated carbocycles. The molecule has 2 rings (SSSR count). The highest BCUT2D eigenvalue weighted by Crippen LogP contribution is 2.25. The van der Waals surface area contributed by atoms with Crippen molar-refractivity contribution in [3.8, 4) is 0 Å². The molecule has 0 aliphatic carbocycles. The maximum absolute atomic E-state index is 5.66. The van der Waals surface area contributed by atoms with Crippen molar-refractivity contribution in [2.24, 2.45) is 11.7 Å². The van der Waals surface area contributed by atoms with E-state index < -0.39 is 0 Å². The number of hydrogen-bond acceptors (Lipinski definition) is 4. The molecule has 3 nitrogen and oxygen atoms in total. The summed E-state index contributed by atoms with van der Waals surface area (Å²) in [5, 5.41) is 1.24. The van der Waals surface area contributed by atoms with Crippen LogP contribution in [0.25, 0.3) is 0 Å². The topological polar surface area (TPSA) is 48.1 Å². The molecule has 1 saturated heterocycles. The van der Waals surface area contributed by atoms with Gasteiger partial charge in [-0.1, -0.05) is 6.92 Å². The molecule has 1 aliphatic rings. The van der Waals surface area contributed by atoms with Crippen LogP contribution in [0.5, 0.6) is 0 Å². The zero-order chi connectivity index (χ0) is 11.4. The Morgan fingerprint density at radius 1 is 1.69 bits per heavy atom. The normalized spacial score (nSPS) is 23.2. The molecule has 0 amide bonds. The number of hydrogen-bond donors (Lipinski definition) is 1. The second-order valence-electron chi connectivity index (χ2n) is 4.58. The van der Waals surface area contributed by atoms with Crippen LogP contribution in [0.3, 0.4) is 0 Å². The van der Waals surface area contributed by atoms with E-state index >= 15 is 0 Å². The van der Waals surface area contributed by atoms with Crippen LogP contribution in [0, 0.1) is 5.92 Å². The lowest BCUT2D eigenvalue weighted by Gasteiger charge is -2.20. The van der Waals surface area contributed by atoms with Crippen LogP contribution in [0.15, 0.2) is 6.20 Å². The molecule has 1 aromatic rings. The van der Waals surface area contributed by atoms with Gasteiger partial charge in [-0.25, -0.2) is 4.98 Å². The van der Waals surface area contributed by atoms with Gasteiger partial charge in [0.25, 0.3) is 0 Å². The Balaban J connectivity index is 1.91. The van der Waals surface area contributed by atoms with E-state index in [-0.39, 0.29) is 0 Å². The van der Waals surface area contributed by atoms with Crippen molar-refractivity contribution in [2.45, 2.75) is 32.1 Å². The third-order valence-corrected chi connectivity index (χ3v) is 4.38. The molecule has 16 heavy (non-hydrogen) atoms. The lowest BCUT2D eigenvalue weighted by molar-refractivity contribution is 0.0550. The maximum Gasteiger partial charge on any atom is 0.0931 e. The monoisotopic (exact) mass is 240 g/mol. The Morgan fingerprint density at radius 3 is 3.25 bits per heavy atom. The van der Waals surface area contributed by atoms with Crippen LogP contribution < -0.4 is 5.73 Å². The van der Waals surface area contributed by atoms with E-state index in [9.17, 15) is 0 Å². The summed E-state index contributed by atoms with van der Waals surface area (Å²) < 4.78 is 5.49. The van der Waals surface area contributed by atoms with Gasteiger partial charge >= 0.3 is 0 Å². The molecular weight excluding hydrogens is 220 g/mol. The lowest BCUT2D eigenvalue weighted by Crippen LogP contribution is -2.19. The average molecular weight is 240 g/mol. The SMILES string of the molecule is CC(CN)c1cnc(CC2CCCOC2)s1. The molecule has 2 N–H and O–H groups in total. The van der Waals surface area contributed by atoms with E-state index in [0.717, 1.165) is 19.6 Å². The lowest BCUT2D eigenvalue weighted by atomic mass is 9.99. The van der Waals surface area contributed by atoms with Crippen LogP contribution in [0.4, 0.5) is 0 Å². The molecule has 2 unspecified atom stereocenters. The minimum absolute atomic E-state index is 0.439. The van der Waals surface area contributed by atoms with E-state index in [0.29, 0.717) is 18.4 Å². The highest BCUT2D eigenvalue weighted by molar-refractivity contribution is 7.11. The second-order valence-corrected chi connectivity index (χ2v) is 5.73. The molecule has 90 valence electrons. The summed E-state index contributed by atoms with van der Waals surface area (Å²) in [4.78, 5) is 5.80. The summed E-state index contributed by atoms with van der Waals surface area (Å²) in [5.74, 6) is 1.11. The van der Waals surface area contributed by atoms with Gasteiger partial charge in [-0.3, -0.25) is 0 Å². The Hall–Kier alpha value is -0.450. The summed E-state index contributed by atoms with van der Waals surface area (Å²) in [5.41, 5.74) is 5.66. The highest BCUT2D eigenvalue weighted by Gasteiger charge is 2.17. The van der Waals surface area contributed by atoms with E-state index in [1.54, 1.807) is 0 Å². The van der Waals surface area contributed by atoms with Gasteiger partial charge in [-0.2, -0.15) is 0 Å². The summed E-state index contributed by atoms with van der Waals surface area (Å²) in [6.07, 6.45) is 5.53. The molecule has 0 bridgehead atoms. The van der Waals surface area contributed by atoms with Gasteiger partial charge in [-0.15, -0.1) is 11.3 Å². The molecular formula is C12H20N2OS. The smallest absolute Gasteiger partial charge is 0.0931 e. The fourth-order valence-electron chi connectivity index (χ4n) is 1.98. The molecule has 2 heterocycles. The number of nitrogens with zero attached hydrogens (tertiary/aromatic N) is 1. The zero-order valence-electron chi connectivity index (χ0n) is 9.82. The highest BCUT2D eigenvalue weighted by atomic mass is 32.1. The molecule has 4 heteroatoms. The van der Waals surface area contributed by atoms with Crippen LogP contribution in [-0.2, 0) is 11.2 Å². The average Bonchev–Trinajstić information content (AvgIpc) is 2.78. The van der Waals surface area contributed by atoms with E-state index in [1.807, 2.05) is 17.5 Å². The number of aromatic nitrogens is 1. The van der Waals surface area contributed by atoms with Crippen molar-refractivity contribution >= 4 is 11.3 Å². The Morgan fingerprint density at radius 2 is 2.56 bits per heavy atom. The quantitative estimate of drug-likeness (QED) is 0.877. The van der Waals surface area contributed by atoms with Gasteiger partial charge in [-0.05, 0) is 25.3 Å². The third-order valence-electron chi connectivity index (χ3n) is 3.13. The Bertz CT molecular complexity index is 321. The van der Waals surface area contributed by atoms with E-state index in [4.69, 9.17) is 10.5 Å². The first-order valence-electron chi connectivity index (χ1n) is 6.02. The van der Waals surface area contributed by atoms with Crippen molar-refractivity contribution in [1.29, 1.82) is 0 Å². The largest absolute Gasteiger partial charge is 0.381 e. The van der Waals surface area contributed by atoms with Gasteiger partial charge in [0.1, 0.15) is 0 Å². The van der Waals surface area contributed by atoms with Gasteiger partial charge < -0.3 is 10.5 Å². The number of ether oxygens (including phenoxy) is 1. The minimum atomic E-state index is 0.439. The predicted molar refractivity (Wildman–Crippen MR) is 66.8 cm³/mol. The number of rotatable bonds is 4. The maximum atomic E-state index is 5.66. The fourth-order valence-corrected chi connectivity index (χ4v) is 3.08. The first-order valence-corrected chi connectivity index (χ1v) is 6.83. The molecule has 0 radical (unpaired) electrons. The molecule has 0 spiro atoms. The Labute approximate surface area is 101 Å². The van der Waals surface area contributed by atoms with Crippen molar-refractivity contribution in [3.63, 3.8) is 0 Å². The van der Waals surface area contributed by atoms with Gasteiger partial charge in [0.05, 0.1) is 5.01 Å².